The first-order valence-corrected chi connectivity index (χ1v) is 7.02. The molecule has 0 aliphatic rings. The Balaban J connectivity index is 1.87. The highest BCUT2D eigenvalue weighted by molar-refractivity contribution is 7.26. The number of rotatable bonds is 4. The number of hydrogen-bond donors (Lipinski definition) is 2. The summed E-state index contributed by atoms with van der Waals surface area (Å²) < 4.78 is 8.00. The van der Waals surface area contributed by atoms with Crippen molar-refractivity contribution in [1.29, 1.82) is 0 Å². The lowest BCUT2D eigenvalue weighted by Gasteiger charge is -2.12. The van der Waals surface area contributed by atoms with E-state index >= 15 is 0 Å². The van der Waals surface area contributed by atoms with E-state index in [2.05, 4.69) is 22.9 Å². The van der Waals surface area contributed by atoms with Crippen LogP contribution in [0.1, 0.15) is 16.7 Å². The predicted molar refractivity (Wildman–Crippen MR) is 72.2 cm³/mol. The fourth-order valence-electron chi connectivity index (χ4n) is 1.83. The summed E-state index contributed by atoms with van der Waals surface area (Å²) >= 11 is 3.55. The molecule has 0 aliphatic heterocycles. The quantitative estimate of drug-likeness (QED) is 0.561. The molecule has 1 atom stereocenters. The fourth-order valence-corrected chi connectivity index (χ4v) is 4.01. The standard InChI is InChI=1S/C12H12N2OS2/c13-14-9(6-8-2-1-4-15-8)11-7-12-10(17-11)3-5-16-12/h1-5,7,9,14H,6,13H2. The molecular formula is C12H12N2OS2. The van der Waals surface area contributed by atoms with Crippen LogP contribution >= 0.6 is 22.7 Å². The minimum absolute atomic E-state index is 0.116. The van der Waals surface area contributed by atoms with Crippen LogP contribution in [-0.4, -0.2) is 0 Å². The number of hydrogen-bond acceptors (Lipinski definition) is 5. The van der Waals surface area contributed by atoms with Crippen LogP contribution < -0.4 is 11.3 Å². The largest absolute Gasteiger partial charge is 0.469 e. The van der Waals surface area contributed by atoms with Gasteiger partial charge in [0.1, 0.15) is 5.76 Å². The fraction of sp³-hybridized carbons (Fsp3) is 0.167. The van der Waals surface area contributed by atoms with Gasteiger partial charge in [0.25, 0.3) is 0 Å². The number of nitrogens with one attached hydrogen (secondary N) is 1. The van der Waals surface area contributed by atoms with Gasteiger partial charge in [0, 0.05) is 20.7 Å². The molecule has 0 fully saturated rings. The lowest BCUT2D eigenvalue weighted by molar-refractivity contribution is 0.458. The monoisotopic (exact) mass is 264 g/mol. The maximum atomic E-state index is 5.63. The molecular weight excluding hydrogens is 252 g/mol. The topological polar surface area (TPSA) is 51.2 Å². The molecule has 0 bridgehead atoms. The van der Waals surface area contributed by atoms with E-state index in [1.807, 2.05) is 12.1 Å². The maximum Gasteiger partial charge on any atom is 0.105 e. The van der Waals surface area contributed by atoms with Gasteiger partial charge in [-0.3, -0.25) is 11.3 Å². The van der Waals surface area contributed by atoms with E-state index in [9.17, 15) is 0 Å². The first kappa shape index (κ1) is 11.0. The number of nitrogens with two attached hydrogens (primary N) is 1. The molecule has 0 saturated heterocycles. The molecule has 3 N–H and O–H groups in total. The zero-order chi connectivity index (χ0) is 11.7. The summed E-state index contributed by atoms with van der Waals surface area (Å²) in [4.78, 5) is 1.26. The van der Waals surface area contributed by atoms with Crippen molar-refractivity contribution in [2.45, 2.75) is 12.5 Å². The van der Waals surface area contributed by atoms with E-state index in [-0.39, 0.29) is 6.04 Å². The summed E-state index contributed by atoms with van der Waals surface area (Å²) in [5.74, 6) is 6.58. The van der Waals surface area contributed by atoms with E-state index in [4.69, 9.17) is 10.3 Å². The van der Waals surface area contributed by atoms with Crippen LogP contribution in [0.3, 0.4) is 0 Å². The Labute approximate surface area is 107 Å². The minimum Gasteiger partial charge on any atom is -0.469 e. The van der Waals surface area contributed by atoms with Crippen molar-refractivity contribution < 1.29 is 4.42 Å². The zero-order valence-electron chi connectivity index (χ0n) is 9.05. The number of furan rings is 1. The number of fused-ring (bicyclic) bond motifs is 1. The highest BCUT2D eigenvalue weighted by atomic mass is 32.1. The van der Waals surface area contributed by atoms with Crippen LogP contribution in [0.5, 0.6) is 0 Å². The minimum atomic E-state index is 0.116. The first-order valence-electron chi connectivity index (χ1n) is 5.32. The van der Waals surface area contributed by atoms with E-state index in [0.717, 1.165) is 12.2 Å². The summed E-state index contributed by atoms with van der Waals surface area (Å²) in [6.07, 6.45) is 2.47. The Morgan fingerprint density at radius 2 is 2.29 bits per heavy atom. The van der Waals surface area contributed by atoms with Crippen LogP contribution in [-0.2, 0) is 6.42 Å². The Morgan fingerprint density at radius 1 is 1.35 bits per heavy atom. The van der Waals surface area contributed by atoms with Gasteiger partial charge >= 0.3 is 0 Å². The van der Waals surface area contributed by atoms with Crippen LogP contribution in [0.25, 0.3) is 9.40 Å². The van der Waals surface area contributed by atoms with Gasteiger partial charge < -0.3 is 4.42 Å². The molecule has 0 radical (unpaired) electrons. The van der Waals surface area contributed by atoms with Crippen LogP contribution in [0.15, 0.2) is 40.3 Å². The third-order valence-electron chi connectivity index (χ3n) is 2.69. The van der Waals surface area contributed by atoms with E-state index < -0.39 is 0 Å². The van der Waals surface area contributed by atoms with Crippen molar-refractivity contribution in [2.75, 3.05) is 0 Å². The molecule has 3 rings (SSSR count). The molecule has 88 valence electrons. The molecule has 0 spiro atoms. The molecule has 0 saturated carbocycles. The summed E-state index contributed by atoms with van der Waals surface area (Å²) in [5, 5.41) is 2.11. The second-order valence-electron chi connectivity index (χ2n) is 3.80. The van der Waals surface area contributed by atoms with E-state index in [0.29, 0.717) is 0 Å². The molecule has 3 nitrogen and oxygen atoms in total. The Morgan fingerprint density at radius 3 is 3.00 bits per heavy atom. The number of hydrazine groups is 1. The Hall–Kier alpha value is -1.14. The van der Waals surface area contributed by atoms with Gasteiger partial charge in [-0.2, -0.15) is 0 Å². The van der Waals surface area contributed by atoms with Gasteiger partial charge in [0.15, 0.2) is 0 Å². The molecule has 0 amide bonds. The predicted octanol–water partition coefficient (Wildman–Crippen LogP) is 3.30. The van der Waals surface area contributed by atoms with Crippen molar-refractivity contribution in [1.82, 2.24) is 5.43 Å². The normalized spacial score (nSPS) is 13.2. The van der Waals surface area contributed by atoms with Crippen LogP contribution in [0.4, 0.5) is 0 Å². The summed E-state index contributed by atoms with van der Waals surface area (Å²) in [6.45, 7) is 0. The first-order chi connectivity index (χ1) is 8.36. The van der Waals surface area contributed by atoms with Crippen molar-refractivity contribution in [2.24, 2.45) is 5.84 Å². The Kier molecular flexibility index (Phi) is 2.98. The van der Waals surface area contributed by atoms with E-state index in [1.165, 1.54) is 14.3 Å². The highest BCUT2D eigenvalue weighted by Crippen LogP contribution is 2.34. The summed E-state index contributed by atoms with van der Waals surface area (Å²) in [5.41, 5.74) is 2.86. The molecule has 17 heavy (non-hydrogen) atoms. The molecule has 3 aromatic heterocycles. The van der Waals surface area contributed by atoms with Gasteiger partial charge in [-0.15, -0.1) is 22.7 Å². The van der Waals surface area contributed by atoms with Crippen molar-refractivity contribution >= 4 is 32.1 Å². The maximum absolute atomic E-state index is 5.63. The lowest BCUT2D eigenvalue weighted by atomic mass is 10.1. The molecule has 0 aromatic carbocycles. The van der Waals surface area contributed by atoms with Gasteiger partial charge in [-0.05, 0) is 29.6 Å². The molecule has 3 aromatic rings. The van der Waals surface area contributed by atoms with Crippen molar-refractivity contribution in [3.63, 3.8) is 0 Å². The second-order valence-corrected chi connectivity index (χ2v) is 5.86. The van der Waals surface area contributed by atoms with Gasteiger partial charge in [-0.25, -0.2) is 0 Å². The van der Waals surface area contributed by atoms with Gasteiger partial charge in [0.05, 0.1) is 12.3 Å². The van der Waals surface area contributed by atoms with Gasteiger partial charge in [-0.1, -0.05) is 0 Å². The average molecular weight is 264 g/mol. The van der Waals surface area contributed by atoms with Gasteiger partial charge in [0.2, 0.25) is 0 Å². The molecule has 3 heterocycles. The van der Waals surface area contributed by atoms with E-state index in [1.54, 1.807) is 28.9 Å². The SMILES string of the molecule is NNC(Cc1ccco1)c1cc2sccc2s1. The summed E-state index contributed by atoms with van der Waals surface area (Å²) in [6, 6.07) is 8.34. The molecule has 1 unspecified atom stereocenters. The number of thiophene rings is 2. The highest BCUT2D eigenvalue weighted by Gasteiger charge is 2.15. The second kappa shape index (κ2) is 4.62. The van der Waals surface area contributed by atoms with Crippen molar-refractivity contribution in [3.05, 3.63) is 46.5 Å². The zero-order valence-corrected chi connectivity index (χ0v) is 10.7. The smallest absolute Gasteiger partial charge is 0.105 e. The third kappa shape index (κ3) is 2.14. The lowest BCUT2D eigenvalue weighted by Crippen LogP contribution is -2.28. The molecule has 5 heteroatoms. The molecule has 0 aliphatic carbocycles. The van der Waals surface area contributed by atoms with Crippen LogP contribution in [0.2, 0.25) is 0 Å². The Bertz CT molecular complexity index is 568. The summed E-state index contributed by atoms with van der Waals surface area (Å²) in [7, 11) is 0. The average Bonchev–Trinajstić information content (AvgIpc) is 3.01. The van der Waals surface area contributed by atoms with Crippen molar-refractivity contribution in [3.8, 4) is 0 Å². The van der Waals surface area contributed by atoms with Crippen LogP contribution in [0, 0.1) is 0 Å². The third-order valence-corrected chi connectivity index (χ3v) is 4.90.